The van der Waals surface area contributed by atoms with Crippen molar-refractivity contribution in [1.29, 1.82) is 0 Å². The summed E-state index contributed by atoms with van der Waals surface area (Å²) in [5.41, 5.74) is 3.63. The summed E-state index contributed by atoms with van der Waals surface area (Å²) in [7, 11) is 0. The molecular formula is C17H17ClFN. The first-order chi connectivity index (χ1) is 9.59. The molecule has 3 rings (SSSR count). The summed E-state index contributed by atoms with van der Waals surface area (Å²) in [4.78, 5) is 0. The van der Waals surface area contributed by atoms with Crippen LogP contribution in [0.1, 0.15) is 16.7 Å². The number of aryl methyl sites for hydroxylation is 1. The lowest BCUT2D eigenvalue weighted by atomic mass is 9.70. The van der Waals surface area contributed by atoms with Crippen molar-refractivity contribution in [2.24, 2.45) is 0 Å². The highest BCUT2D eigenvalue weighted by Gasteiger charge is 2.38. The molecule has 1 aliphatic rings. The Morgan fingerprint density at radius 1 is 1.15 bits per heavy atom. The van der Waals surface area contributed by atoms with Crippen LogP contribution in [0.4, 0.5) is 4.39 Å². The zero-order valence-electron chi connectivity index (χ0n) is 11.4. The van der Waals surface area contributed by atoms with Crippen LogP contribution < -0.4 is 5.32 Å². The van der Waals surface area contributed by atoms with Crippen molar-refractivity contribution in [2.75, 3.05) is 13.1 Å². The molecule has 0 amide bonds. The first-order valence-corrected chi connectivity index (χ1v) is 7.19. The van der Waals surface area contributed by atoms with Gasteiger partial charge in [0.25, 0.3) is 0 Å². The molecule has 20 heavy (non-hydrogen) atoms. The van der Waals surface area contributed by atoms with E-state index in [1.165, 1.54) is 11.1 Å². The highest BCUT2D eigenvalue weighted by molar-refractivity contribution is 6.30. The third-order valence-electron chi connectivity index (χ3n) is 4.22. The number of hydrogen-bond donors (Lipinski definition) is 1. The summed E-state index contributed by atoms with van der Waals surface area (Å²) in [6, 6.07) is 13.1. The van der Waals surface area contributed by atoms with Gasteiger partial charge in [0.15, 0.2) is 0 Å². The van der Waals surface area contributed by atoms with E-state index in [0.29, 0.717) is 0 Å². The van der Waals surface area contributed by atoms with Gasteiger partial charge in [-0.25, -0.2) is 4.39 Å². The van der Waals surface area contributed by atoms with Gasteiger partial charge in [-0.3, -0.25) is 0 Å². The van der Waals surface area contributed by atoms with Gasteiger partial charge >= 0.3 is 0 Å². The van der Waals surface area contributed by atoms with Gasteiger partial charge in [-0.15, -0.1) is 0 Å². The van der Waals surface area contributed by atoms with E-state index in [2.05, 4.69) is 17.4 Å². The normalized spacial score (nSPS) is 16.8. The fraction of sp³-hybridized carbons (Fsp3) is 0.294. The largest absolute Gasteiger partial charge is 0.315 e. The average molecular weight is 290 g/mol. The zero-order valence-corrected chi connectivity index (χ0v) is 12.2. The molecule has 3 heteroatoms. The minimum Gasteiger partial charge on any atom is -0.315 e. The van der Waals surface area contributed by atoms with E-state index in [9.17, 15) is 4.39 Å². The average Bonchev–Trinajstić information content (AvgIpc) is 2.37. The number of hydrogen-bond acceptors (Lipinski definition) is 1. The van der Waals surface area contributed by atoms with Gasteiger partial charge in [0.2, 0.25) is 0 Å². The molecule has 0 saturated carbocycles. The Hall–Kier alpha value is -1.38. The van der Waals surface area contributed by atoms with Gasteiger partial charge in [-0.05, 0) is 54.3 Å². The molecule has 0 aliphatic carbocycles. The van der Waals surface area contributed by atoms with Crippen LogP contribution in [0.2, 0.25) is 5.02 Å². The van der Waals surface area contributed by atoms with Gasteiger partial charge < -0.3 is 5.32 Å². The Morgan fingerprint density at radius 3 is 2.40 bits per heavy atom. The van der Waals surface area contributed by atoms with Crippen molar-refractivity contribution in [1.82, 2.24) is 5.32 Å². The van der Waals surface area contributed by atoms with E-state index in [-0.39, 0.29) is 11.2 Å². The first-order valence-electron chi connectivity index (χ1n) is 6.81. The van der Waals surface area contributed by atoms with Crippen LogP contribution in [-0.4, -0.2) is 13.1 Å². The maximum absolute atomic E-state index is 13.2. The van der Waals surface area contributed by atoms with Crippen LogP contribution in [-0.2, 0) is 11.8 Å². The number of halogens is 2. The second kappa shape index (κ2) is 5.19. The van der Waals surface area contributed by atoms with E-state index in [1.807, 2.05) is 25.1 Å². The molecule has 1 saturated heterocycles. The molecule has 104 valence electrons. The van der Waals surface area contributed by atoms with Crippen LogP contribution in [0.5, 0.6) is 0 Å². The molecule has 1 heterocycles. The van der Waals surface area contributed by atoms with Gasteiger partial charge in [0.05, 0.1) is 0 Å². The maximum atomic E-state index is 13.2. The molecule has 1 fully saturated rings. The fourth-order valence-electron chi connectivity index (χ4n) is 2.88. The monoisotopic (exact) mass is 289 g/mol. The molecule has 0 unspecified atom stereocenters. The molecular weight excluding hydrogens is 273 g/mol. The van der Waals surface area contributed by atoms with Crippen molar-refractivity contribution in [3.8, 4) is 0 Å². The first kappa shape index (κ1) is 13.6. The molecule has 0 radical (unpaired) electrons. The molecule has 0 atom stereocenters. The summed E-state index contributed by atoms with van der Waals surface area (Å²) in [5.74, 6) is -0.168. The van der Waals surface area contributed by atoms with Crippen LogP contribution in [0.3, 0.4) is 0 Å². The molecule has 0 aromatic heterocycles. The highest BCUT2D eigenvalue weighted by Crippen LogP contribution is 2.34. The van der Waals surface area contributed by atoms with Gasteiger partial charge in [0, 0.05) is 23.5 Å². The Labute approximate surface area is 123 Å². The Bertz CT molecular complexity index is 617. The minimum atomic E-state index is -0.168. The molecule has 0 bridgehead atoms. The third kappa shape index (κ3) is 2.46. The summed E-state index contributed by atoms with van der Waals surface area (Å²) in [6.07, 6.45) is 0.924. The predicted octanol–water partition coefficient (Wildman–Crippen LogP) is 3.87. The van der Waals surface area contributed by atoms with Crippen molar-refractivity contribution < 1.29 is 4.39 Å². The predicted molar refractivity (Wildman–Crippen MR) is 80.8 cm³/mol. The van der Waals surface area contributed by atoms with Crippen molar-refractivity contribution >= 4 is 11.6 Å². The second-order valence-corrected chi connectivity index (χ2v) is 6.07. The van der Waals surface area contributed by atoms with Crippen molar-refractivity contribution in [3.63, 3.8) is 0 Å². The Morgan fingerprint density at radius 2 is 1.85 bits per heavy atom. The van der Waals surface area contributed by atoms with E-state index in [4.69, 9.17) is 11.6 Å². The number of nitrogens with one attached hydrogen (secondary N) is 1. The molecule has 1 aliphatic heterocycles. The lowest BCUT2D eigenvalue weighted by molar-refractivity contribution is 0.274. The molecule has 0 spiro atoms. The van der Waals surface area contributed by atoms with E-state index >= 15 is 0 Å². The third-order valence-corrected chi connectivity index (χ3v) is 4.47. The minimum absolute atomic E-state index is 0.104. The van der Waals surface area contributed by atoms with Crippen LogP contribution in [0.15, 0.2) is 42.5 Å². The van der Waals surface area contributed by atoms with E-state index < -0.39 is 0 Å². The van der Waals surface area contributed by atoms with Crippen molar-refractivity contribution in [2.45, 2.75) is 18.8 Å². The standard InChI is InChI=1S/C17H17ClFN/c1-12-8-16(19)7-2-13(12)9-17(10-20-11-17)14-3-5-15(18)6-4-14/h2-8,20H,9-11H2,1H3. The summed E-state index contributed by atoms with van der Waals surface area (Å²) in [5, 5.41) is 4.12. The lowest BCUT2D eigenvalue weighted by Crippen LogP contribution is -2.58. The molecule has 1 N–H and O–H groups in total. The smallest absolute Gasteiger partial charge is 0.123 e. The summed E-state index contributed by atoms with van der Waals surface area (Å²) >= 11 is 5.97. The lowest BCUT2D eigenvalue weighted by Gasteiger charge is -2.44. The Kier molecular flexibility index (Phi) is 3.53. The quantitative estimate of drug-likeness (QED) is 0.904. The SMILES string of the molecule is Cc1cc(F)ccc1CC1(c2ccc(Cl)cc2)CNC1. The fourth-order valence-corrected chi connectivity index (χ4v) is 3.01. The van der Waals surface area contributed by atoms with Crippen LogP contribution in [0.25, 0.3) is 0 Å². The summed E-state index contributed by atoms with van der Waals surface area (Å²) < 4.78 is 13.2. The highest BCUT2D eigenvalue weighted by atomic mass is 35.5. The molecule has 2 aromatic rings. The van der Waals surface area contributed by atoms with Gasteiger partial charge in [-0.2, -0.15) is 0 Å². The summed E-state index contributed by atoms with van der Waals surface area (Å²) in [6.45, 7) is 3.87. The number of benzene rings is 2. The van der Waals surface area contributed by atoms with Crippen molar-refractivity contribution in [3.05, 3.63) is 70.0 Å². The molecule has 1 nitrogen and oxygen atoms in total. The van der Waals surface area contributed by atoms with Crippen LogP contribution in [0, 0.1) is 12.7 Å². The Balaban J connectivity index is 1.91. The topological polar surface area (TPSA) is 12.0 Å². The second-order valence-electron chi connectivity index (χ2n) is 5.64. The van der Waals surface area contributed by atoms with E-state index in [1.54, 1.807) is 12.1 Å². The van der Waals surface area contributed by atoms with Gasteiger partial charge in [0.1, 0.15) is 5.82 Å². The maximum Gasteiger partial charge on any atom is 0.123 e. The van der Waals surface area contributed by atoms with Crippen LogP contribution >= 0.6 is 11.6 Å². The number of rotatable bonds is 3. The van der Waals surface area contributed by atoms with E-state index in [0.717, 1.165) is 30.1 Å². The van der Waals surface area contributed by atoms with Gasteiger partial charge in [-0.1, -0.05) is 29.8 Å². The zero-order chi connectivity index (χ0) is 14.2. The molecule has 2 aromatic carbocycles.